The zero-order chi connectivity index (χ0) is 25.3. The Labute approximate surface area is 202 Å². The first kappa shape index (κ1) is 26.6. The lowest BCUT2D eigenvalue weighted by molar-refractivity contribution is -0.136. The molecule has 11 heteroatoms. The summed E-state index contributed by atoms with van der Waals surface area (Å²) in [6.45, 7) is 0. The number of carboxylic acid groups (broad SMARTS) is 1. The van der Waals surface area contributed by atoms with Crippen LogP contribution in [0, 0.1) is 17.6 Å². The second-order valence-electron chi connectivity index (χ2n) is 8.75. The molecule has 186 valence electrons. The highest BCUT2D eigenvalue weighted by Crippen LogP contribution is 2.50. The molecule has 1 atom stereocenters. The Morgan fingerprint density at radius 3 is 2.21 bits per heavy atom. The van der Waals surface area contributed by atoms with Gasteiger partial charge in [-0.1, -0.05) is 11.6 Å². The summed E-state index contributed by atoms with van der Waals surface area (Å²) in [7, 11) is -7.98. The number of hydrogen-bond donors (Lipinski definition) is 1. The fraction of sp³-hybridized carbons (Fsp3) is 0.435. The number of hydrogen-bond acceptors (Lipinski definition) is 5. The summed E-state index contributed by atoms with van der Waals surface area (Å²) in [4.78, 5) is 11.3. The van der Waals surface area contributed by atoms with Crippen LogP contribution >= 0.6 is 11.6 Å². The van der Waals surface area contributed by atoms with E-state index in [9.17, 15) is 35.5 Å². The third kappa shape index (κ3) is 5.28. The molecule has 1 N–H and O–H groups in total. The van der Waals surface area contributed by atoms with Crippen LogP contribution < -0.4 is 0 Å². The number of carbonyl (C=O) groups is 1. The predicted octanol–water partition coefficient (Wildman–Crippen LogP) is 4.76. The number of rotatable bonds is 8. The first-order chi connectivity index (χ1) is 15.8. The molecule has 0 aromatic heterocycles. The van der Waals surface area contributed by atoms with Crippen molar-refractivity contribution in [2.24, 2.45) is 5.92 Å². The lowest BCUT2D eigenvalue weighted by Crippen LogP contribution is -2.41. The third-order valence-corrected chi connectivity index (χ3v) is 10.9. The van der Waals surface area contributed by atoms with Crippen molar-refractivity contribution in [2.75, 3.05) is 6.26 Å². The Hall–Kier alpha value is -2.04. The first-order valence-corrected chi connectivity index (χ1v) is 14.5. The number of carboxylic acids is 1. The van der Waals surface area contributed by atoms with E-state index in [1.165, 1.54) is 24.3 Å². The molecule has 1 aliphatic rings. The molecule has 0 aliphatic heterocycles. The molecule has 0 spiro atoms. The number of sulfone groups is 2. The van der Waals surface area contributed by atoms with Crippen molar-refractivity contribution < 1.29 is 35.5 Å². The monoisotopic (exact) mass is 534 g/mol. The summed E-state index contributed by atoms with van der Waals surface area (Å²) in [6, 6.07) is 8.20. The zero-order valence-electron chi connectivity index (χ0n) is 18.4. The molecule has 6 nitrogen and oxygen atoms in total. The van der Waals surface area contributed by atoms with E-state index in [2.05, 4.69) is 0 Å². The summed E-state index contributed by atoms with van der Waals surface area (Å²) in [5, 5.41) is 8.02. The summed E-state index contributed by atoms with van der Waals surface area (Å²) in [5.74, 6) is -3.18. The van der Waals surface area contributed by atoms with E-state index in [-0.39, 0.29) is 54.9 Å². The van der Waals surface area contributed by atoms with Gasteiger partial charge in [-0.25, -0.2) is 25.6 Å². The van der Waals surface area contributed by atoms with E-state index in [0.29, 0.717) is 5.02 Å². The van der Waals surface area contributed by atoms with Crippen molar-refractivity contribution >= 4 is 37.2 Å². The van der Waals surface area contributed by atoms with Crippen molar-refractivity contribution in [2.45, 2.75) is 53.4 Å². The summed E-state index contributed by atoms with van der Waals surface area (Å²) >= 11 is 5.89. The molecule has 0 saturated heterocycles. The van der Waals surface area contributed by atoms with Crippen LogP contribution in [0.25, 0.3) is 0 Å². The molecule has 0 radical (unpaired) electrons. The molecule has 2 aromatic carbocycles. The molecule has 1 saturated carbocycles. The van der Waals surface area contributed by atoms with Crippen LogP contribution in [0.2, 0.25) is 5.02 Å². The van der Waals surface area contributed by atoms with Gasteiger partial charge >= 0.3 is 5.97 Å². The highest BCUT2D eigenvalue weighted by atomic mass is 35.5. The van der Waals surface area contributed by atoms with E-state index in [1.54, 1.807) is 0 Å². The van der Waals surface area contributed by atoms with Gasteiger partial charge in [-0.15, -0.1) is 0 Å². The van der Waals surface area contributed by atoms with Crippen LogP contribution in [-0.4, -0.2) is 39.4 Å². The van der Waals surface area contributed by atoms with Crippen molar-refractivity contribution in [1.82, 2.24) is 0 Å². The second-order valence-corrected chi connectivity index (χ2v) is 13.7. The maximum atomic E-state index is 14.9. The van der Waals surface area contributed by atoms with E-state index in [1.807, 2.05) is 0 Å². The van der Waals surface area contributed by atoms with Gasteiger partial charge in [0.25, 0.3) is 0 Å². The average molecular weight is 535 g/mol. The molecule has 1 fully saturated rings. The predicted molar refractivity (Wildman–Crippen MR) is 124 cm³/mol. The van der Waals surface area contributed by atoms with Gasteiger partial charge in [-0.2, -0.15) is 0 Å². The lowest BCUT2D eigenvalue weighted by Gasteiger charge is -2.40. The SMILES string of the molecule is CS(=O)(=O)C(CCC1CCC(c2cc(F)ccc2F)(S(=O)(=O)c2ccc(Cl)cc2)CC1)C(=O)O. The summed E-state index contributed by atoms with van der Waals surface area (Å²) < 4.78 is 78.4. The van der Waals surface area contributed by atoms with Gasteiger partial charge < -0.3 is 5.11 Å². The van der Waals surface area contributed by atoms with Gasteiger partial charge in [0.1, 0.15) is 16.4 Å². The Morgan fingerprint density at radius 1 is 1.09 bits per heavy atom. The van der Waals surface area contributed by atoms with E-state index in [4.69, 9.17) is 11.6 Å². The highest BCUT2D eigenvalue weighted by Gasteiger charge is 2.50. The number of halogens is 3. The van der Waals surface area contributed by atoms with Crippen LogP contribution in [0.4, 0.5) is 8.78 Å². The summed E-state index contributed by atoms with van der Waals surface area (Å²) in [5.41, 5.74) is -0.250. The third-order valence-electron chi connectivity index (χ3n) is 6.60. The fourth-order valence-electron chi connectivity index (χ4n) is 4.71. The largest absolute Gasteiger partial charge is 0.480 e. The lowest BCUT2D eigenvalue weighted by atomic mass is 9.76. The van der Waals surface area contributed by atoms with Gasteiger partial charge in [0, 0.05) is 16.8 Å². The smallest absolute Gasteiger partial charge is 0.321 e. The average Bonchev–Trinajstić information content (AvgIpc) is 2.75. The molecule has 1 aliphatic carbocycles. The number of aliphatic carboxylic acids is 1. The molecular formula is C23H25ClF2O6S2. The zero-order valence-corrected chi connectivity index (χ0v) is 20.8. The van der Waals surface area contributed by atoms with Crippen molar-refractivity contribution in [1.29, 1.82) is 0 Å². The minimum Gasteiger partial charge on any atom is -0.480 e. The normalized spacial score (nSPS) is 22.3. The van der Waals surface area contributed by atoms with Crippen molar-refractivity contribution in [3.05, 3.63) is 64.7 Å². The van der Waals surface area contributed by atoms with Crippen LogP contribution in [0.1, 0.15) is 44.1 Å². The molecule has 0 bridgehead atoms. The van der Waals surface area contributed by atoms with E-state index < -0.39 is 47.3 Å². The minimum absolute atomic E-state index is 0.0282. The van der Waals surface area contributed by atoms with Crippen LogP contribution in [0.3, 0.4) is 0 Å². The first-order valence-electron chi connectivity index (χ1n) is 10.7. The molecule has 0 heterocycles. The fourth-order valence-corrected chi connectivity index (χ4v) is 7.93. The second kappa shape index (κ2) is 9.91. The van der Waals surface area contributed by atoms with Crippen molar-refractivity contribution in [3.8, 4) is 0 Å². The molecular weight excluding hydrogens is 510 g/mol. The van der Waals surface area contributed by atoms with Gasteiger partial charge in [0.2, 0.25) is 0 Å². The molecule has 2 aromatic rings. The minimum atomic E-state index is -4.18. The molecule has 34 heavy (non-hydrogen) atoms. The van der Waals surface area contributed by atoms with Gasteiger partial charge in [-0.05, 0) is 86.9 Å². The summed E-state index contributed by atoms with van der Waals surface area (Å²) in [6.07, 6.45) is 1.51. The Balaban J connectivity index is 1.95. The van der Waals surface area contributed by atoms with E-state index >= 15 is 0 Å². The van der Waals surface area contributed by atoms with Crippen LogP contribution in [0.5, 0.6) is 0 Å². The Bertz CT molecular complexity index is 1270. The van der Waals surface area contributed by atoms with Crippen LogP contribution in [0.15, 0.2) is 47.4 Å². The quantitative estimate of drug-likeness (QED) is 0.523. The van der Waals surface area contributed by atoms with Gasteiger partial charge in [0.15, 0.2) is 24.9 Å². The standard InChI is InChI=1S/C23H25ClF2O6S2/c1-33(29,30)21(22(27)28)9-2-15-10-12-23(13-11-15,19-14-17(25)5-8-20(19)26)34(31,32)18-6-3-16(24)4-7-18/h3-8,14-15,21H,2,9-13H2,1H3,(H,27,28). The Morgan fingerprint density at radius 2 is 1.68 bits per heavy atom. The number of benzene rings is 2. The van der Waals surface area contributed by atoms with Crippen molar-refractivity contribution in [3.63, 3.8) is 0 Å². The van der Waals surface area contributed by atoms with Gasteiger partial charge in [0.05, 0.1) is 4.90 Å². The molecule has 3 rings (SSSR count). The van der Waals surface area contributed by atoms with E-state index in [0.717, 1.165) is 24.5 Å². The topological polar surface area (TPSA) is 106 Å². The maximum Gasteiger partial charge on any atom is 0.321 e. The highest BCUT2D eigenvalue weighted by molar-refractivity contribution is 7.92. The Kier molecular flexibility index (Phi) is 7.74. The van der Waals surface area contributed by atoms with Gasteiger partial charge in [-0.3, -0.25) is 4.79 Å². The molecule has 1 unspecified atom stereocenters. The van der Waals surface area contributed by atoms with Crippen LogP contribution in [-0.2, 0) is 29.2 Å². The molecule has 0 amide bonds. The maximum absolute atomic E-state index is 14.9.